The number of halogens is 1. The van der Waals surface area contributed by atoms with Crippen LogP contribution >= 0.6 is 0 Å². The summed E-state index contributed by atoms with van der Waals surface area (Å²) >= 11 is 0. The summed E-state index contributed by atoms with van der Waals surface area (Å²) in [6.07, 6.45) is 16.1. The topological polar surface area (TPSA) is 0 Å². The fraction of sp³-hybridized carbons (Fsp3) is 1.00. The fourth-order valence-electron chi connectivity index (χ4n) is 3.13. The molecule has 0 aromatic carbocycles. The minimum atomic E-state index is 0. The highest BCUT2D eigenvalue weighted by Crippen LogP contribution is 2.18. The third kappa shape index (κ3) is 8.53. The highest BCUT2D eigenvalue weighted by atomic mass is 79.9. The van der Waals surface area contributed by atoms with E-state index in [-0.39, 0.29) is 17.0 Å². The molecule has 0 aromatic rings. The zero-order valence-electron chi connectivity index (χ0n) is 12.7. The van der Waals surface area contributed by atoms with Crippen LogP contribution in [0.3, 0.4) is 0 Å². The molecular weight excluding hydrogens is 286 g/mol. The van der Waals surface area contributed by atoms with E-state index >= 15 is 0 Å². The van der Waals surface area contributed by atoms with Gasteiger partial charge >= 0.3 is 0 Å². The van der Waals surface area contributed by atoms with Crippen LogP contribution < -0.4 is 17.0 Å². The van der Waals surface area contributed by atoms with Gasteiger partial charge in [-0.25, -0.2) is 0 Å². The van der Waals surface area contributed by atoms with E-state index in [9.17, 15) is 0 Å². The molecule has 0 aliphatic carbocycles. The lowest BCUT2D eigenvalue weighted by molar-refractivity contribution is -0.897. The van der Waals surface area contributed by atoms with Crippen LogP contribution in [0, 0.1) is 0 Å². The van der Waals surface area contributed by atoms with E-state index < -0.39 is 0 Å². The molecule has 0 N–H and O–H groups in total. The summed E-state index contributed by atoms with van der Waals surface area (Å²) < 4.78 is 1.37. The monoisotopic (exact) mass is 319 g/mol. The summed E-state index contributed by atoms with van der Waals surface area (Å²) in [5.41, 5.74) is 0. The maximum absolute atomic E-state index is 2.46. The van der Waals surface area contributed by atoms with Crippen LogP contribution in [-0.4, -0.2) is 31.2 Å². The minimum Gasteiger partial charge on any atom is -1.00 e. The lowest BCUT2D eigenvalue weighted by Crippen LogP contribution is -3.00. The molecule has 110 valence electrons. The summed E-state index contributed by atoms with van der Waals surface area (Å²) in [6, 6.07) is 0. The van der Waals surface area contributed by atoms with Crippen molar-refractivity contribution in [3.63, 3.8) is 0 Å². The normalized spacial score (nSPS) is 17.7. The molecule has 1 nitrogen and oxygen atoms in total. The molecule has 0 amide bonds. The molecule has 0 radical (unpaired) electrons. The lowest BCUT2D eigenvalue weighted by Gasteiger charge is -2.29. The van der Waals surface area contributed by atoms with E-state index in [1.165, 1.54) is 94.7 Å². The van der Waals surface area contributed by atoms with Gasteiger partial charge in [-0.2, -0.15) is 0 Å². The highest BCUT2D eigenvalue weighted by Gasteiger charge is 2.25. The standard InChI is InChI=1S/C16H34N.BrH/c1-3-4-5-6-7-8-9-10-11-14-17(2)15-12-13-16-17;/h3-16H2,1-2H3;1H/q+1;/p-1. The Balaban J connectivity index is 0.00000289. The second-order valence-corrected chi connectivity index (χ2v) is 6.33. The summed E-state index contributed by atoms with van der Waals surface area (Å²) in [5, 5.41) is 0. The maximum Gasteiger partial charge on any atom is 0.0786 e. The molecule has 1 saturated heterocycles. The third-order valence-corrected chi connectivity index (χ3v) is 4.45. The van der Waals surface area contributed by atoms with Crippen LogP contribution in [0.5, 0.6) is 0 Å². The van der Waals surface area contributed by atoms with E-state index in [2.05, 4.69) is 14.0 Å². The quantitative estimate of drug-likeness (QED) is 0.425. The summed E-state index contributed by atoms with van der Waals surface area (Å²) in [7, 11) is 2.46. The molecule has 0 bridgehead atoms. The summed E-state index contributed by atoms with van der Waals surface area (Å²) in [5.74, 6) is 0. The number of unbranched alkanes of at least 4 members (excludes halogenated alkanes) is 8. The van der Waals surface area contributed by atoms with Gasteiger partial charge in [0.25, 0.3) is 0 Å². The fourth-order valence-corrected chi connectivity index (χ4v) is 3.13. The molecule has 0 saturated carbocycles. The Morgan fingerprint density at radius 2 is 1.17 bits per heavy atom. The number of likely N-dealkylation sites (tertiary alicyclic amines) is 1. The van der Waals surface area contributed by atoms with Gasteiger partial charge in [0, 0.05) is 12.8 Å². The molecule has 0 unspecified atom stereocenters. The molecule has 1 fully saturated rings. The van der Waals surface area contributed by atoms with Gasteiger partial charge in [-0.1, -0.05) is 51.9 Å². The first-order chi connectivity index (χ1) is 8.27. The Morgan fingerprint density at radius 3 is 1.67 bits per heavy atom. The molecule has 0 aromatic heterocycles. The van der Waals surface area contributed by atoms with Gasteiger partial charge in [-0.15, -0.1) is 0 Å². The first kappa shape index (κ1) is 18.4. The first-order valence-corrected chi connectivity index (χ1v) is 8.10. The Labute approximate surface area is 126 Å². The van der Waals surface area contributed by atoms with Crippen molar-refractivity contribution in [2.24, 2.45) is 0 Å². The number of nitrogens with zero attached hydrogens (tertiary/aromatic N) is 1. The largest absolute Gasteiger partial charge is 1.00 e. The van der Waals surface area contributed by atoms with Crippen molar-refractivity contribution in [1.82, 2.24) is 0 Å². The molecule has 0 spiro atoms. The maximum atomic E-state index is 2.46. The second kappa shape index (κ2) is 11.3. The third-order valence-electron chi connectivity index (χ3n) is 4.45. The second-order valence-electron chi connectivity index (χ2n) is 6.33. The van der Waals surface area contributed by atoms with Gasteiger partial charge in [0.15, 0.2) is 0 Å². The molecule has 1 aliphatic rings. The predicted octanol–water partition coefficient (Wildman–Crippen LogP) is 1.76. The Morgan fingerprint density at radius 1 is 0.722 bits per heavy atom. The zero-order chi connectivity index (χ0) is 12.4. The van der Waals surface area contributed by atoms with Gasteiger partial charge in [-0.3, -0.25) is 0 Å². The van der Waals surface area contributed by atoms with Crippen molar-refractivity contribution < 1.29 is 21.5 Å². The average Bonchev–Trinajstić information content (AvgIpc) is 2.74. The van der Waals surface area contributed by atoms with Crippen LogP contribution in [0.2, 0.25) is 0 Å². The van der Waals surface area contributed by atoms with Crippen molar-refractivity contribution in [2.75, 3.05) is 26.7 Å². The molecule has 2 heteroatoms. The average molecular weight is 320 g/mol. The molecule has 1 heterocycles. The van der Waals surface area contributed by atoms with Crippen LogP contribution in [0.15, 0.2) is 0 Å². The lowest BCUT2D eigenvalue weighted by atomic mass is 10.1. The minimum absolute atomic E-state index is 0. The van der Waals surface area contributed by atoms with E-state index in [0.717, 1.165) is 0 Å². The predicted molar refractivity (Wildman–Crippen MR) is 77.2 cm³/mol. The highest BCUT2D eigenvalue weighted by molar-refractivity contribution is 4.53. The van der Waals surface area contributed by atoms with Crippen LogP contribution in [0.1, 0.15) is 77.6 Å². The van der Waals surface area contributed by atoms with Crippen LogP contribution in [-0.2, 0) is 0 Å². The van der Waals surface area contributed by atoms with Gasteiger partial charge in [0.2, 0.25) is 0 Å². The number of quaternary nitrogens is 1. The molecular formula is C16H34BrN. The number of rotatable bonds is 10. The Bertz CT molecular complexity index is 176. The van der Waals surface area contributed by atoms with E-state index in [4.69, 9.17) is 0 Å². The van der Waals surface area contributed by atoms with E-state index in [1.54, 1.807) is 0 Å². The van der Waals surface area contributed by atoms with Crippen LogP contribution in [0.25, 0.3) is 0 Å². The van der Waals surface area contributed by atoms with Crippen molar-refractivity contribution in [3.05, 3.63) is 0 Å². The van der Waals surface area contributed by atoms with Crippen molar-refractivity contribution in [1.29, 1.82) is 0 Å². The zero-order valence-corrected chi connectivity index (χ0v) is 14.3. The van der Waals surface area contributed by atoms with Gasteiger partial charge in [0.1, 0.15) is 0 Å². The van der Waals surface area contributed by atoms with E-state index in [1.807, 2.05) is 0 Å². The molecule has 1 rings (SSSR count). The molecule has 0 atom stereocenters. The van der Waals surface area contributed by atoms with Crippen LogP contribution in [0.4, 0.5) is 0 Å². The molecule has 1 aliphatic heterocycles. The number of hydrogen-bond acceptors (Lipinski definition) is 0. The SMILES string of the molecule is CCCCCCCCCCC[N+]1(C)CCCC1.[Br-]. The van der Waals surface area contributed by atoms with Gasteiger partial charge < -0.3 is 21.5 Å². The van der Waals surface area contributed by atoms with Gasteiger partial charge in [0.05, 0.1) is 26.7 Å². The Kier molecular flexibility index (Phi) is 11.6. The Hall–Kier alpha value is 0.440. The van der Waals surface area contributed by atoms with Crippen molar-refractivity contribution in [3.8, 4) is 0 Å². The first-order valence-electron chi connectivity index (χ1n) is 8.10. The van der Waals surface area contributed by atoms with Gasteiger partial charge in [-0.05, 0) is 12.8 Å². The smallest absolute Gasteiger partial charge is 0.0786 e. The summed E-state index contributed by atoms with van der Waals surface area (Å²) in [4.78, 5) is 0. The molecule has 18 heavy (non-hydrogen) atoms. The van der Waals surface area contributed by atoms with Crippen molar-refractivity contribution >= 4 is 0 Å². The number of hydrogen-bond donors (Lipinski definition) is 0. The van der Waals surface area contributed by atoms with E-state index in [0.29, 0.717) is 0 Å². The summed E-state index contributed by atoms with van der Waals surface area (Å²) in [6.45, 7) is 6.62. The van der Waals surface area contributed by atoms with Crippen molar-refractivity contribution in [2.45, 2.75) is 77.6 Å².